The number of rotatable bonds is 14. The van der Waals surface area contributed by atoms with E-state index in [2.05, 4.69) is 39.4 Å². The zero-order chi connectivity index (χ0) is 33.2. The van der Waals surface area contributed by atoms with E-state index >= 15 is 0 Å². The Balaban J connectivity index is 1.24. The Morgan fingerprint density at radius 1 is 0.872 bits per heavy atom. The molecule has 2 saturated heterocycles. The van der Waals surface area contributed by atoms with E-state index in [-0.39, 0.29) is 24.8 Å². The van der Waals surface area contributed by atoms with E-state index in [9.17, 15) is 14.4 Å². The van der Waals surface area contributed by atoms with Crippen molar-refractivity contribution in [3.63, 3.8) is 0 Å². The molecular formula is C36H43N5O5S. The number of carbonyl (C=O) groups excluding carboxylic acids is 3. The number of thiocarbonyl (C=S) groups is 1. The van der Waals surface area contributed by atoms with Crippen molar-refractivity contribution in [2.24, 2.45) is 0 Å². The fourth-order valence-electron chi connectivity index (χ4n) is 5.86. The molecule has 2 fully saturated rings. The molecule has 248 valence electrons. The van der Waals surface area contributed by atoms with Gasteiger partial charge in [-0.3, -0.25) is 19.4 Å². The summed E-state index contributed by atoms with van der Waals surface area (Å²) in [5, 5.41) is 3.27. The third kappa shape index (κ3) is 8.66. The van der Waals surface area contributed by atoms with Crippen molar-refractivity contribution in [2.45, 2.75) is 39.2 Å². The number of nitrogens with one attached hydrogen (secondary N) is 1. The standard InChI is InChI=1S/C36H43N5O5S/c1-3-25-46-31-17-13-28(14-18-31)37-33(42)26-32-34(43)41(30-15-11-27(12-16-30)35(44)45-4-2)36(47)40(32)20-8-19-38-21-23-39(24-22-38)29-9-6-5-7-10-29/h5-7,9-18,32H,3-4,8,19-26H2,1-2H3,(H,37,42)/t32-/m0/s1. The van der Waals surface area contributed by atoms with Gasteiger partial charge in [-0.1, -0.05) is 25.1 Å². The van der Waals surface area contributed by atoms with E-state index in [1.165, 1.54) is 10.6 Å². The average molecular weight is 658 g/mol. The van der Waals surface area contributed by atoms with Crippen LogP contribution in [-0.4, -0.2) is 91.2 Å². The Bertz CT molecular complexity index is 1510. The first-order chi connectivity index (χ1) is 22.9. The molecule has 2 aliphatic heterocycles. The molecule has 0 aromatic heterocycles. The largest absolute Gasteiger partial charge is 0.494 e. The van der Waals surface area contributed by atoms with Gasteiger partial charge in [0, 0.05) is 44.1 Å². The normalized spacial score (nSPS) is 16.8. The number of para-hydroxylation sites is 1. The summed E-state index contributed by atoms with van der Waals surface area (Å²) in [6.07, 6.45) is 1.63. The van der Waals surface area contributed by atoms with Crippen LogP contribution >= 0.6 is 12.2 Å². The van der Waals surface area contributed by atoms with Gasteiger partial charge in [0.1, 0.15) is 11.8 Å². The van der Waals surface area contributed by atoms with Crippen LogP contribution in [-0.2, 0) is 14.3 Å². The van der Waals surface area contributed by atoms with E-state index in [1.54, 1.807) is 43.3 Å². The van der Waals surface area contributed by atoms with Crippen molar-refractivity contribution in [2.75, 3.05) is 67.6 Å². The summed E-state index contributed by atoms with van der Waals surface area (Å²) in [5.41, 5.74) is 2.80. The number of esters is 1. The number of nitrogens with zero attached hydrogens (tertiary/aromatic N) is 4. The van der Waals surface area contributed by atoms with Gasteiger partial charge in [0.05, 0.1) is 30.9 Å². The molecule has 2 aliphatic rings. The first kappa shape index (κ1) is 33.9. The maximum absolute atomic E-state index is 13.9. The SMILES string of the molecule is CCCOc1ccc(NC(=O)C[C@H]2C(=O)N(c3ccc(C(=O)OCC)cc3)C(=S)N2CCCN2CCN(c3ccccc3)CC2)cc1. The Morgan fingerprint density at radius 2 is 1.57 bits per heavy atom. The van der Waals surface area contributed by atoms with E-state index in [0.717, 1.165) is 51.3 Å². The van der Waals surface area contributed by atoms with Crippen molar-refractivity contribution >= 4 is 52.2 Å². The van der Waals surface area contributed by atoms with Gasteiger partial charge >= 0.3 is 5.97 Å². The Labute approximate surface area is 282 Å². The van der Waals surface area contributed by atoms with Crippen LogP contribution in [0.3, 0.4) is 0 Å². The number of benzene rings is 3. The van der Waals surface area contributed by atoms with Crippen LogP contribution < -0.4 is 19.9 Å². The van der Waals surface area contributed by atoms with Gasteiger partial charge in [0.15, 0.2) is 5.11 Å². The summed E-state index contributed by atoms with van der Waals surface area (Å²) in [5.74, 6) is -0.248. The van der Waals surface area contributed by atoms with Gasteiger partial charge in [0.25, 0.3) is 5.91 Å². The lowest BCUT2D eigenvalue weighted by atomic mass is 10.1. The minimum absolute atomic E-state index is 0.0553. The monoisotopic (exact) mass is 657 g/mol. The fourth-order valence-corrected chi connectivity index (χ4v) is 6.28. The summed E-state index contributed by atoms with van der Waals surface area (Å²) >= 11 is 5.87. The van der Waals surface area contributed by atoms with Crippen LogP contribution in [0.4, 0.5) is 17.1 Å². The predicted molar refractivity (Wildman–Crippen MR) is 188 cm³/mol. The number of piperazine rings is 1. The van der Waals surface area contributed by atoms with Crippen molar-refractivity contribution < 1.29 is 23.9 Å². The van der Waals surface area contributed by atoms with Gasteiger partial charge in [0.2, 0.25) is 5.91 Å². The molecule has 1 N–H and O–H groups in total. The topological polar surface area (TPSA) is 94.7 Å². The molecule has 5 rings (SSSR count). The maximum Gasteiger partial charge on any atom is 0.338 e. The molecule has 0 aliphatic carbocycles. The molecule has 0 spiro atoms. The Kier molecular flexibility index (Phi) is 11.8. The highest BCUT2D eigenvalue weighted by atomic mass is 32.1. The van der Waals surface area contributed by atoms with E-state index in [0.29, 0.717) is 35.2 Å². The summed E-state index contributed by atoms with van der Waals surface area (Å²) in [7, 11) is 0. The maximum atomic E-state index is 13.9. The zero-order valence-electron chi connectivity index (χ0n) is 27.1. The van der Waals surface area contributed by atoms with Crippen LogP contribution in [0.15, 0.2) is 78.9 Å². The summed E-state index contributed by atoms with van der Waals surface area (Å²) in [6, 6.07) is 23.5. The average Bonchev–Trinajstić information content (AvgIpc) is 3.32. The first-order valence-corrected chi connectivity index (χ1v) is 16.8. The number of amides is 2. The van der Waals surface area contributed by atoms with Crippen molar-refractivity contribution in [3.05, 3.63) is 84.4 Å². The van der Waals surface area contributed by atoms with Crippen molar-refractivity contribution in [1.29, 1.82) is 0 Å². The molecule has 47 heavy (non-hydrogen) atoms. The van der Waals surface area contributed by atoms with E-state index < -0.39 is 12.0 Å². The number of hydrogen-bond acceptors (Lipinski definition) is 8. The summed E-state index contributed by atoms with van der Waals surface area (Å²) in [4.78, 5) is 47.5. The number of carbonyl (C=O) groups is 3. The number of hydrogen-bond donors (Lipinski definition) is 1. The lowest BCUT2D eigenvalue weighted by Crippen LogP contribution is -2.47. The van der Waals surface area contributed by atoms with Crippen LogP contribution in [0.1, 0.15) is 43.5 Å². The smallest absolute Gasteiger partial charge is 0.338 e. The second kappa shape index (κ2) is 16.4. The van der Waals surface area contributed by atoms with Gasteiger partial charge in [-0.2, -0.15) is 0 Å². The summed E-state index contributed by atoms with van der Waals surface area (Å²) < 4.78 is 10.7. The van der Waals surface area contributed by atoms with E-state index in [4.69, 9.17) is 21.7 Å². The Morgan fingerprint density at radius 3 is 2.23 bits per heavy atom. The van der Waals surface area contributed by atoms with Crippen molar-refractivity contribution in [3.8, 4) is 5.75 Å². The third-order valence-electron chi connectivity index (χ3n) is 8.31. The highest BCUT2D eigenvalue weighted by molar-refractivity contribution is 7.80. The molecule has 0 unspecified atom stereocenters. The van der Waals surface area contributed by atoms with Crippen molar-refractivity contribution in [1.82, 2.24) is 9.80 Å². The molecule has 3 aromatic carbocycles. The zero-order valence-corrected chi connectivity index (χ0v) is 27.9. The van der Waals surface area contributed by atoms with Gasteiger partial charge in [-0.15, -0.1) is 0 Å². The molecule has 0 saturated carbocycles. The lowest BCUT2D eigenvalue weighted by Gasteiger charge is -2.36. The molecule has 3 aromatic rings. The van der Waals surface area contributed by atoms with Gasteiger partial charge in [-0.05, 0) is 99.2 Å². The molecule has 10 nitrogen and oxygen atoms in total. The second-order valence-corrected chi connectivity index (χ2v) is 11.9. The van der Waals surface area contributed by atoms with Crippen LogP contribution in [0, 0.1) is 0 Å². The van der Waals surface area contributed by atoms with E-state index in [1.807, 2.05) is 30.0 Å². The molecule has 2 amide bonds. The van der Waals surface area contributed by atoms with Gasteiger partial charge < -0.3 is 24.6 Å². The molecule has 11 heteroatoms. The van der Waals surface area contributed by atoms with Crippen LogP contribution in [0.2, 0.25) is 0 Å². The molecule has 2 heterocycles. The second-order valence-electron chi connectivity index (χ2n) is 11.6. The van der Waals surface area contributed by atoms with Crippen LogP contribution in [0.5, 0.6) is 5.75 Å². The predicted octanol–water partition coefficient (Wildman–Crippen LogP) is 5.20. The highest BCUT2D eigenvalue weighted by Crippen LogP contribution is 2.28. The minimum atomic E-state index is -0.755. The third-order valence-corrected chi connectivity index (χ3v) is 8.73. The van der Waals surface area contributed by atoms with Crippen LogP contribution in [0.25, 0.3) is 0 Å². The number of ether oxygens (including phenoxy) is 2. The highest BCUT2D eigenvalue weighted by Gasteiger charge is 2.44. The first-order valence-electron chi connectivity index (χ1n) is 16.3. The molecule has 0 bridgehead atoms. The number of anilines is 3. The minimum Gasteiger partial charge on any atom is -0.494 e. The van der Waals surface area contributed by atoms with Gasteiger partial charge in [-0.25, -0.2) is 4.79 Å². The summed E-state index contributed by atoms with van der Waals surface area (Å²) in [6.45, 7) is 9.88. The Hall–Kier alpha value is -4.48. The fraction of sp³-hybridized carbons (Fsp3) is 0.389. The lowest BCUT2D eigenvalue weighted by molar-refractivity contribution is -0.124. The quantitative estimate of drug-likeness (QED) is 0.186. The molecule has 1 atom stereocenters. The molecule has 0 radical (unpaired) electrons. The molecular weight excluding hydrogens is 614 g/mol.